The Morgan fingerprint density at radius 1 is 1.33 bits per heavy atom. The number of carbonyl (C=O) groups is 1. The van der Waals surface area contributed by atoms with Crippen molar-refractivity contribution < 1.29 is 14.6 Å². The highest BCUT2D eigenvalue weighted by Gasteiger charge is 2.18. The Balaban J connectivity index is 2.64. The molecule has 0 aliphatic rings. The third kappa shape index (κ3) is 2.77. The summed E-state index contributed by atoms with van der Waals surface area (Å²) in [5, 5.41) is 11.0. The van der Waals surface area contributed by atoms with Gasteiger partial charge in [0.1, 0.15) is 5.75 Å². The summed E-state index contributed by atoms with van der Waals surface area (Å²) in [7, 11) is 0. The molecule has 1 aromatic carbocycles. The molecular weight excluding hydrogens is 270 g/mol. The molecule has 2 N–H and O–H groups in total. The maximum atomic E-state index is 12.0. The number of H-pyrrole nitrogens is 1. The van der Waals surface area contributed by atoms with Gasteiger partial charge in [-0.25, -0.2) is 0 Å². The van der Waals surface area contributed by atoms with Gasteiger partial charge in [-0.3, -0.25) is 9.59 Å². The fourth-order valence-corrected chi connectivity index (χ4v) is 2.52. The lowest BCUT2D eigenvalue weighted by Gasteiger charge is -2.12. The van der Waals surface area contributed by atoms with Gasteiger partial charge in [0.05, 0.1) is 24.1 Å². The standard InChI is InChI=1S/C16H19NO4/c1-4-10-6-7-12-14(9(10)3)15(19)11(16(20)17-12)8-13(18)21-5-2/h6-7H,4-5,8H2,1-3H3,(H2,17,19,20). The SMILES string of the molecule is CCOC(=O)Cc1c(O)c2c(C)c(CC)ccc2[nH]c1=O. The first-order valence-electron chi connectivity index (χ1n) is 7.01. The monoisotopic (exact) mass is 289 g/mol. The predicted molar refractivity (Wildman–Crippen MR) is 80.7 cm³/mol. The second kappa shape index (κ2) is 5.99. The van der Waals surface area contributed by atoms with Crippen LogP contribution in [0.3, 0.4) is 0 Å². The highest BCUT2D eigenvalue weighted by molar-refractivity contribution is 5.91. The van der Waals surface area contributed by atoms with Crippen molar-refractivity contribution in [1.82, 2.24) is 4.98 Å². The molecular formula is C16H19NO4. The molecule has 0 saturated carbocycles. The van der Waals surface area contributed by atoms with Crippen LogP contribution < -0.4 is 5.56 Å². The van der Waals surface area contributed by atoms with E-state index in [0.717, 1.165) is 17.5 Å². The first kappa shape index (κ1) is 15.1. The van der Waals surface area contributed by atoms with Crippen molar-refractivity contribution in [1.29, 1.82) is 0 Å². The van der Waals surface area contributed by atoms with Crippen molar-refractivity contribution in [3.63, 3.8) is 0 Å². The van der Waals surface area contributed by atoms with Crippen molar-refractivity contribution in [2.24, 2.45) is 0 Å². The lowest BCUT2D eigenvalue weighted by molar-refractivity contribution is -0.142. The number of nitrogens with one attached hydrogen (secondary N) is 1. The van der Waals surface area contributed by atoms with Crippen LogP contribution in [-0.2, 0) is 22.4 Å². The van der Waals surface area contributed by atoms with E-state index < -0.39 is 11.5 Å². The molecule has 5 nitrogen and oxygen atoms in total. The Bertz CT molecular complexity index is 746. The molecule has 0 saturated heterocycles. The van der Waals surface area contributed by atoms with E-state index in [4.69, 9.17) is 4.74 Å². The number of carbonyl (C=O) groups excluding carboxylic acids is 1. The second-order valence-electron chi connectivity index (χ2n) is 4.89. The van der Waals surface area contributed by atoms with Crippen LogP contribution in [0.1, 0.15) is 30.5 Å². The van der Waals surface area contributed by atoms with Crippen molar-refractivity contribution in [2.75, 3.05) is 6.61 Å². The molecule has 112 valence electrons. The second-order valence-corrected chi connectivity index (χ2v) is 4.89. The van der Waals surface area contributed by atoms with E-state index in [-0.39, 0.29) is 24.3 Å². The van der Waals surface area contributed by atoms with Gasteiger partial charge >= 0.3 is 5.97 Å². The van der Waals surface area contributed by atoms with E-state index in [1.165, 1.54) is 0 Å². The zero-order valence-electron chi connectivity index (χ0n) is 12.4. The number of ether oxygens (including phenoxy) is 1. The number of fused-ring (bicyclic) bond motifs is 1. The fraction of sp³-hybridized carbons (Fsp3) is 0.375. The summed E-state index contributed by atoms with van der Waals surface area (Å²) in [4.78, 5) is 26.3. The van der Waals surface area contributed by atoms with Crippen molar-refractivity contribution in [3.05, 3.63) is 39.2 Å². The quantitative estimate of drug-likeness (QED) is 0.846. The van der Waals surface area contributed by atoms with Gasteiger partial charge in [-0.2, -0.15) is 0 Å². The Morgan fingerprint density at radius 2 is 2.05 bits per heavy atom. The number of aromatic hydroxyl groups is 1. The number of aromatic nitrogens is 1. The summed E-state index contributed by atoms with van der Waals surface area (Å²) in [5.41, 5.74) is 2.16. The van der Waals surface area contributed by atoms with Gasteiger partial charge in [0.25, 0.3) is 5.56 Å². The predicted octanol–water partition coefficient (Wildman–Crippen LogP) is 2.21. The van der Waals surface area contributed by atoms with Crippen molar-refractivity contribution >= 4 is 16.9 Å². The molecule has 0 bridgehead atoms. The van der Waals surface area contributed by atoms with Gasteiger partial charge in [-0.05, 0) is 37.5 Å². The van der Waals surface area contributed by atoms with Crippen LogP contribution in [0.25, 0.3) is 10.9 Å². The average Bonchev–Trinajstić information content (AvgIpc) is 2.43. The number of aromatic amines is 1. The number of benzene rings is 1. The molecule has 0 spiro atoms. The number of aryl methyl sites for hydroxylation is 2. The fourth-order valence-electron chi connectivity index (χ4n) is 2.52. The molecule has 0 unspecified atom stereocenters. The Kier molecular flexibility index (Phi) is 4.31. The van der Waals surface area contributed by atoms with Crippen LogP contribution in [0.4, 0.5) is 0 Å². The van der Waals surface area contributed by atoms with Crippen LogP contribution >= 0.6 is 0 Å². The maximum absolute atomic E-state index is 12.0. The molecule has 2 aromatic rings. The molecule has 0 aliphatic carbocycles. The number of pyridine rings is 1. The van der Waals surface area contributed by atoms with Crippen LogP contribution in [0.15, 0.2) is 16.9 Å². The minimum Gasteiger partial charge on any atom is -0.507 e. The number of esters is 1. The Labute approximate surface area is 122 Å². The molecule has 0 aliphatic heterocycles. The summed E-state index contributed by atoms with van der Waals surface area (Å²) >= 11 is 0. The maximum Gasteiger partial charge on any atom is 0.310 e. The van der Waals surface area contributed by atoms with E-state index in [0.29, 0.717) is 10.9 Å². The van der Waals surface area contributed by atoms with E-state index in [2.05, 4.69) is 4.98 Å². The molecule has 1 aromatic heterocycles. The molecule has 21 heavy (non-hydrogen) atoms. The zero-order valence-corrected chi connectivity index (χ0v) is 12.4. The topological polar surface area (TPSA) is 79.4 Å². The van der Waals surface area contributed by atoms with Crippen molar-refractivity contribution in [2.45, 2.75) is 33.6 Å². The molecule has 0 amide bonds. The number of hydrogen-bond donors (Lipinski definition) is 2. The summed E-state index contributed by atoms with van der Waals surface area (Å²) in [6.45, 7) is 5.86. The number of rotatable bonds is 4. The van der Waals surface area contributed by atoms with E-state index in [9.17, 15) is 14.7 Å². The van der Waals surface area contributed by atoms with Gasteiger partial charge in [-0.1, -0.05) is 13.0 Å². The summed E-state index contributed by atoms with van der Waals surface area (Å²) in [5.74, 6) is -0.656. The van der Waals surface area contributed by atoms with Crippen molar-refractivity contribution in [3.8, 4) is 5.75 Å². The highest BCUT2D eigenvalue weighted by atomic mass is 16.5. The Morgan fingerprint density at radius 3 is 2.67 bits per heavy atom. The third-order valence-electron chi connectivity index (χ3n) is 3.63. The van der Waals surface area contributed by atoms with Crippen LogP contribution in [0, 0.1) is 6.92 Å². The third-order valence-corrected chi connectivity index (χ3v) is 3.63. The first-order chi connectivity index (χ1) is 9.99. The lowest BCUT2D eigenvalue weighted by Crippen LogP contribution is -2.18. The minimum atomic E-state index is -0.526. The van der Waals surface area contributed by atoms with E-state index in [1.54, 1.807) is 13.0 Å². The van der Waals surface area contributed by atoms with Gasteiger partial charge < -0.3 is 14.8 Å². The normalized spacial score (nSPS) is 10.8. The lowest BCUT2D eigenvalue weighted by atomic mass is 9.98. The van der Waals surface area contributed by atoms with Gasteiger partial charge in [0, 0.05) is 5.39 Å². The molecule has 0 radical (unpaired) electrons. The minimum absolute atomic E-state index is 0.0531. The average molecular weight is 289 g/mol. The Hall–Kier alpha value is -2.30. The summed E-state index contributed by atoms with van der Waals surface area (Å²) in [6.07, 6.45) is 0.592. The smallest absolute Gasteiger partial charge is 0.310 e. The first-order valence-corrected chi connectivity index (χ1v) is 7.01. The number of hydrogen-bond acceptors (Lipinski definition) is 4. The molecule has 1 heterocycles. The summed E-state index contributed by atoms with van der Waals surface area (Å²) < 4.78 is 4.84. The molecule has 0 atom stereocenters. The van der Waals surface area contributed by atoms with Crippen LogP contribution in [0.5, 0.6) is 5.75 Å². The van der Waals surface area contributed by atoms with Crippen LogP contribution in [-0.4, -0.2) is 22.7 Å². The van der Waals surface area contributed by atoms with E-state index in [1.807, 2.05) is 19.9 Å². The van der Waals surface area contributed by atoms with Crippen LogP contribution in [0.2, 0.25) is 0 Å². The largest absolute Gasteiger partial charge is 0.507 e. The molecule has 0 fully saturated rings. The van der Waals surface area contributed by atoms with E-state index >= 15 is 0 Å². The summed E-state index contributed by atoms with van der Waals surface area (Å²) in [6, 6.07) is 3.70. The highest BCUT2D eigenvalue weighted by Crippen LogP contribution is 2.30. The van der Waals surface area contributed by atoms with Gasteiger partial charge in [0.15, 0.2) is 0 Å². The molecule has 5 heteroatoms. The molecule has 2 rings (SSSR count). The van der Waals surface area contributed by atoms with Gasteiger partial charge in [0.2, 0.25) is 0 Å². The zero-order chi connectivity index (χ0) is 15.6. The van der Waals surface area contributed by atoms with Gasteiger partial charge in [-0.15, -0.1) is 0 Å².